The van der Waals surface area contributed by atoms with Gasteiger partial charge in [-0.1, -0.05) is 0 Å². The summed E-state index contributed by atoms with van der Waals surface area (Å²) >= 11 is 0. The molecule has 7 nitrogen and oxygen atoms in total. The monoisotopic (exact) mass is 347 g/mol. The Balaban J connectivity index is 1.98. The first-order valence-corrected chi connectivity index (χ1v) is 8.93. The number of nitrogens with zero attached hydrogens (tertiary/aromatic N) is 2. The summed E-state index contributed by atoms with van der Waals surface area (Å²) in [6.45, 7) is 4.13. The molecule has 0 fully saturated rings. The van der Waals surface area contributed by atoms with Gasteiger partial charge in [0.1, 0.15) is 0 Å². The van der Waals surface area contributed by atoms with E-state index in [2.05, 4.69) is 9.71 Å². The number of aromatic nitrogens is 2. The largest absolute Gasteiger partial charge is 0.419 e. The standard InChI is InChI=1S/C16H17N3O4S/c1-3-19-13-8-11(2)15(9-14(13)23-16(19)20)24(21,22)18-10-12-4-6-17-7-5-12/h4-9,18H,3,10H2,1-2H3. The van der Waals surface area contributed by atoms with Gasteiger partial charge in [-0.25, -0.2) is 17.9 Å². The molecule has 0 unspecified atom stereocenters. The molecule has 0 aliphatic rings. The molecule has 3 rings (SSSR count). The highest BCUT2D eigenvalue weighted by Crippen LogP contribution is 2.23. The Morgan fingerprint density at radius 2 is 1.96 bits per heavy atom. The minimum Gasteiger partial charge on any atom is -0.408 e. The van der Waals surface area contributed by atoms with Gasteiger partial charge < -0.3 is 4.42 Å². The van der Waals surface area contributed by atoms with Crippen molar-refractivity contribution in [3.05, 3.63) is 58.3 Å². The fraction of sp³-hybridized carbons (Fsp3) is 0.250. The molecule has 0 aliphatic carbocycles. The van der Waals surface area contributed by atoms with Crippen molar-refractivity contribution < 1.29 is 12.8 Å². The van der Waals surface area contributed by atoms with Gasteiger partial charge in [0.25, 0.3) is 0 Å². The van der Waals surface area contributed by atoms with Gasteiger partial charge in [0, 0.05) is 31.5 Å². The lowest BCUT2D eigenvalue weighted by Gasteiger charge is -2.09. The molecule has 0 amide bonds. The number of hydrogen-bond acceptors (Lipinski definition) is 5. The summed E-state index contributed by atoms with van der Waals surface area (Å²) in [7, 11) is -3.73. The third-order valence-corrected chi connectivity index (χ3v) is 5.33. The van der Waals surface area contributed by atoms with Crippen molar-refractivity contribution in [3.63, 3.8) is 0 Å². The van der Waals surface area contributed by atoms with Crippen molar-refractivity contribution in [2.75, 3.05) is 0 Å². The van der Waals surface area contributed by atoms with E-state index in [1.54, 1.807) is 37.5 Å². The highest BCUT2D eigenvalue weighted by atomic mass is 32.2. The number of oxazole rings is 1. The van der Waals surface area contributed by atoms with Crippen LogP contribution in [0.1, 0.15) is 18.1 Å². The first kappa shape index (κ1) is 16.4. The fourth-order valence-electron chi connectivity index (χ4n) is 2.54. The summed E-state index contributed by atoms with van der Waals surface area (Å²) in [5.41, 5.74) is 2.20. The summed E-state index contributed by atoms with van der Waals surface area (Å²) in [4.78, 5) is 15.8. The second kappa shape index (κ2) is 6.21. The van der Waals surface area contributed by atoms with Crippen LogP contribution in [0.5, 0.6) is 0 Å². The lowest BCUT2D eigenvalue weighted by atomic mass is 10.2. The van der Waals surface area contributed by atoms with Gasteiger partial charge in [-0.15, -0.1) is 0 Å². The number of nitrogens with one attached hydrogen (secondary N) is 1. The Bertz CT molecular complexity index is 1040. The summed E-state index contributed by atoms with van der Waals surface area (Å²) in [5.74, 6) is -0.494. The molecule has 0 spiro atoms. The van der Waals surface area contributed by atoms with E-state index in [9.17, 15) is 13.2 Å². The number of hydrogen-bond donors (Lipinski definition) is 1. The summed E-state index contributed by atoms with van der Waals surface area (Å²) in [6.07, 6.45) is 3.20. The summed E-state index contributed by atoms with van der Waals surface area (Å²) < 4.78 is 34.3. The maximum atomic E-state index is 12.6. The Morgan fingerprint density at radius 3 is 2.62 bits per heavy atom. The molecule has 1 aromatic carbocycles. The number of benzene rings is 1. The van der Waals surface area contributed by atoms with Gasteiger partial charge in [0.2, 0.25) is 10.0 Å². The van der Waals surface area contributed by atoms with Crippen LogP contribution in [-0.4, -0.2) is 18.0 Å². The van der Waals surface area contributed by atoms with Gasteiger partial charge in [-0.2, -0.15) is 0 Å². The van der Waals surface area contributed by atoms with E-state index in [1.165, 1.54) is 10.6 Å². The number of rotatable bonds is 5. The highest BCUT2D eigenvalue weighted by Gasteiger charge is 2.20. The van der Waals surface area contributed by atoms with Crippen LogP contribution in [0.2, 0.25) is 0 Å². The van der Waals surface area contributed by atoms with Gasteiger partial charge in [0.15, 0.2) is 5.58 Å². The minimum atomic E-state index is -3.73. The summed E-state index contributed by atoms with van der Waals surface area (Å²) in [6, 6.07) is 6.52. The van der Waals surface area contributed by atoms with Crippen LogP contribution in [0.3, 0.4) is 0 Å². The van der Waals surface area contributed by atoms with Crippen LogP contribution >= 0.6 is 0 Å². The lowest BCUT2D eigenvalue weighted by Crippen LogP contribution is -2.24. The Hall–Kier alpha value is -2.45. The van der Waals surface area contributed by atoms with Crippen LogP contribution < -0.4 is 10.5 Å². The van der Waals surface area contributed by atoms with Crippen molar-refractivity contribution in [2.24, 2.45) is 0 Å². The minimum absolute atomic E-state index is 0.0982. The average molecular weight is 347 g/mol. The van der Waals surface area contributed by atoms with E-state index in [-0.39, 0.29) is 17.0 Å². The smallest absolute Gasteiger partial charge is 0.408 e. The van der Waals surface area contributed by atoms with Gasteiger partial charge in [-0.05, 0) is 43.2 Å². The number of aryl methyl sites for hydroxylation is 2. The Kier molecular flexibility index (Phi) is 4.25. The van der Waals surface area contributed by atoms with Gasteiger partial charge in [-0.3, -0.25) is 9.55 Å². The van der Waals surface area contributed by atoms with E-state index in [0.717, 1.165) is 5.56 Å². The maximum Gasteiger partial charge on any atom is 0.419 e. The first-order valence-electron chi connectivity index (χ1n) is 7.45. The molecular weight excluding hydrogens is 330 g/mol. The molecule has 8 heteroatoms. The molecule has 0 saturated carbocycles. The molecule has 0 bridgehead atoms. The SMILES string of the molecule is CCn1c(=O)oc2cc(S(=O)(=O)NCc3ccncc3)c(C)cc21. The lowest BCUT2D eigenvalue weighted by molar-refractivity contribution is 0.512. The van der Waals surface area contributed by atoms with E-state index >= 15 is 0 Å². The molecule has 0 atom stereocenters. The molecule has 24 heavy (non-hydrogen) atoms. The second-order valence-electron chi connectivity index (χ2n) is 5.38. The zero-order chi connectivity index (χ0) is 17.3. The van der Waals surface area contributed by atoms with Crippen LogP contribution in [0.15, 0.2) is 50.8 Å². The zero-order valence-corrected chi connectivity index (χ0v) is 14.1. The second-order valence-corrected chi connectivity index (χ2v) is 7.11. The van der Waals surface area contributed by atoms with Crippen molar-refractivity contribution >= 4 is 21.1 Å². The molecule has 2 heterocycles. The normalized spacial score (nSPS) is 11.9. The molecule has 1 N–H and O–H groups in total. The molecule has 0 saturated heterocycles. The van der Waals surface area contributed by atoms with Gasteiger partial charge in [0.05, 0.1) is 10.4 Å². The third-order valence-electron chi connectivity index (χ3n) is 3.79. The predicted molar refractivity (Wildman–Crippen MR) is 89.1 cm³/mol. The number of sulfonamides is 1. The van der Waals surface area contributed by atoms with Crippen molar-refractivity contribution in [1.82, 2.24) is 14.3 Å². The fourth-order valence-corrected chi connectivity index (χ4v) is 3.80. The van der Waals surface area contributed by atoms with E-state index in [1.807, 2.05) is 6.92 Å². The van der Waals surface area contributed by atoms with Crippen LogP contribution in [0, 0.1) is 6.92 Å². The average Bonchev–Trinajstić information content (AvgIpc) is 2.87. The van der Waals surface area contributed by atoms with E-state index in [4.69, 9.17) is 4.42 Å². The predicted octanol–water partition coefficient (Wildman–Crippen LogP) is 1.80. The van der Waals surface area contributed by atoms with E-state index in [0.29, 0.717) is 17.6 Å². The number of pyridine rings is 1. The molecule has 3 aromatic rings. The quantitative estimate of drug-likeness (QED) is 0.759. The topological polar surface area (TPSA) is 94.2 Å². The van der Waals surface area contributed by atoms with Crippen LogP contribution in [0.4, 0.5) is 0 Å². The molecular formula is C16H17N3O4S. The Morgan fingerprint density at radius 1 is 1.25 bits per heavy atom. The van der Waals surface area contributed by atoms with Crippen molar-refractivity contribution in [1.29, 1.82) is 0 Å². The number of fused-ring (bicyclic) bond motifs is 1. The van der Waals surface area contributed by atoms with Crippen molar-refractivity contribution in [3.8, 4) is 0 Å². The van der Waals surface area contributed by atoms with Crippen LogP contribution in [0.25, 0.3) is 11.1 Å². The molecule has 2 aromatic heterocycles. The van der Waals surface area contributed by atoms with Gasteiger partial charge >= 0.3 is 5.76 Å². The molecule has 0 radical (unpaired) electrons. The van der Waals surface area contributed by atoms with Crippen molar-refractivity contribution in [2.45, 2.75) is 31.8 Å². The molecule has 0 aliphatic heterocycles. The van der Waals surface area contributed by atoms with Crippen LogP contribution in [-0.2, 0) is 23.1 Å². The zero-order valence-electron chi connectivity index (χ0n) is 13.3. The van der Waals surface area contributed by atoms with E-state index < -0.39 is 15.8 Å². The highest BCUT2D eigenvalue weighted by molar-refractivity contribution is 7.89. The maximum absolute atomic E-state index is 12.6. The molecule has 126 valence electrons. The first-order chi connectivity index (χ1) is 11.4. The Labute approximate surface area is 139 Å². The third kappa shape index (κ3) is 2.98. The summed E-state index contributed by atoms with van der Waals surface area (Å²) in [5, 5.41) is 0.